The van der Waals surface area contributed by atoms with Crippen LogP contribution in [0.15, 0.2) is 29.8 Å². The SMILES string of the molecule is C[C@]12CCC3C(=CCc4cc(OS(=O)(=O)[O-])ccc43)C1CC[C@H]2O.[Na+]. The Hall–Kier alpha value is -0.370. The molecule has 2 fully saturated rings. The summed E-state index contributed by atoms with van der Waals surface area (Å²) in [5, 5.41) is 10.4. The van der Waals surface area contributed by atoms with E-state index in [-0.39, 0.29) is 46.8 Å². The van der Waals surface area contributed by atoms with E-state index in [4.69, 9.17) is 0 Å². The molecule has 3 aliphatic rings. The van der Waals surface area contributed by atoms with Crippen molar-refractivity contribution in [3.05, 3.63) is 41.0 Å². The van der Waals surface area contributed by atoms with Crippen molar-refractivity contribution in [1.82, 2.24) is 0 Å². The Bertz CT molecular complexity index is 819. The van der Waals surface area contributed by atoms with Crippen LogP contribution >= 0.6 is 0 Å². The van der Waals surface area contributed by atoms with E-state index in [1.807, 2.05) is 6.07 Å². The molecule has 1 aromatic carbocycles. The van der Waals surface area contributed by atoms with Gasteiger partial charge in [-0.1, -0.05) is 24.6 Å². The van der Waals surface area contributed by atoms with Gasteiger partial charge in [0.05, 0.1) is 6.10 Å². The van der Waals surface area contributed by atoms with Crippen molar-refractivity contribution < 1.29 is 51.8 Å². The average Bonchev–Trinajstić information content (AvgIpc) is 2.81. The summed E-state index contributed by atoms with van der Waals surface area (Å²) in [6.07, 6.45) is 6.61. The smallest absolute Gasteiger partial charge is 0.716 e. The van der Waals surface area contributed by atoms with E-state index in [2.05, 4.69) is 17.2 Å². The van der Waals surface area contributed by atoms with Crippen LogP contribution in [-0.4, -0.2) is 24.2 Å². The first kappa shape index (κ1) is 19.4. The summed E-state index contributed by atoms with van der Waals surface area (Å²) in [6.45, 7) is 2.21. The number of aliphatic hydroxyl groups is 1. The Balaban J connectivity index is 0.00000182. The first-order valence-corrected chi connectivity index (χ1v) is 9.77. The van der Waals surface area contributed by atoms with Gasteiger partial charge in [-0.05, 0) is 61.3 Å². The Morgan fingerprint density at radius 2 is 2.04 bits per heavy atom. The van der Waals surface area contributed by atoms with E-state index >= 15 is 0 Å². The molecule has 0 saturated heterocycles. The van der Waals surface area contributed by atoms with Crippen molar-refractivity contribution in [2.24, 2.45) is 11.3 Å². The van der Waals surface area contributed by atoms with Gasteiger partial charge in [0.2, 0.25) is 0 Å². The van der Waals surface area contributed by atoms with Crippen LogP contribution in [0.2, 0.25) is 0 Å². The van der Waals surface area contributed by atoms with Gasteiger partial charge in [-0.25, -0.2) is 8.42 Å². The minimum atomic E-state index is -4.75. The van der Waals surface area contributed by atoms with Crippen molar-refractivity contribution >= 4 is 10.4 Å². The van der Waals surface area contributed by atoms with Crippen molar-refractivity contribution in [3.8, 4) is 5.75 Å². The molecule has 0 aromatic heterocycles. The summed E-state index contributed by atoms with van der Waals surface area (Å²) in [5.41, 5.74) is 3.64. The molecule has 1 aromatic rings. The normalized spacial score (nSPS) is 33.4. The number of hydrogen-bond donors (Lipinski definition) is 1. The van der Waals surface area contributed by atoms with Crippen LogP contribution in [-0.2, 0) is 16.8 Å². The van der Waals surface area contributed by atoms with E-state index in [0.29, 0.717) is 18.3 Å². The maximum Gasteiger partial charge on any atom is 1.00 e. The molecule has 7 heteroatoms. The molecule has 130 valence electrons. The largest absolute Gasteiger partial charge is 1.00 e. The van der Waals surface area contributed by atoms with Gasteiger partial charge in [0.25, 0.3) is 10.4 Å². The molecule has 0 spiro atoms. The Morgan fingerprint density at radius 1 is 1.28 bits per heavy atom. The summed E-state index contributed by atoms with van der Waals surface area (Å²) in [4.78, 5) is 0. The molecule has 25 heavy (non-hydrogen) atoms. The summed E-state index contributed by atoms with van der Waals surface area (Å²) in [5.74, 6) is 0.838. The molecule has 0 bridgehead atoms. The van der Waals surface area contributed by atoms with Gasteiger partial charge in [0, 0.05) is 11.3 Å². The first-order chi connectivity index (χ1) is 11.3. The number of hydrogen-bond acceptors (Lipinski definition) is 5. The zero-order valence-electron chi connectivity index (χ0n) is 14.6. The Kier molecular flexibility index (Phi) is 5.17. The van der Waals surface area contributed by atoms with Crippen LogP contribution in [0.4, 0.5) is 0 Å². The molecular weight excluding hydrogens is 351 g/mol. The van der Waals surface area contributed by atoms with Crippen LogP contribution in [0, 0.1) is 11.3 Å². The second-order valence-electron chi connectivity index (χ2n) is 7.50. The van der Waals surface area contributed by atoms with E-state index in [0.717, 1.165) is 31.2 Å². The van der Waals surface area contributed by atoms with Gasteiger partial charge in [-0.15, -0.1) is 0 Å². The zero-order valence-corrected chi connectivity index (χ0v) is 17.4. The quantitative estimate of drug-likeness (QED) is 0.332. The maximum absolute atomic E-state index is 10.8. The van der Waals surface area contributed by atoms with Crippen LogP contribution in [0.5, 0.6) is 5.75 Å². The summed E-state index contributed by atoms with van der Waals surface area (Å²) >= 11 is 0. The molecule has 0 radical (unpaired) electrons. The topological polar surface area (TPSA) is 86.7 Å². The molecule has 0 heterocycles. The monoisotopic (exact) mass is 372 g/mol. The van der Waals surface area contributed by atoms with Crippen molar-refractivity contribution in [2.45, 2.75) is 51.0 Å². The molecule has 4 rings (SSSR count). The number of rotatable bonds is 2. The first-order valence-electron chi connectivity index (χ1n) is 8.44. The minimum absolute atomic E-state index is 0. The van der Waals surface area contributed by atoms with Gasteiger partial charge in [0.1, 0.15) is 5.75 Å². The van der Waals surface area contributed by atoms with E-state index < -0.39 is 10.4 Å². The molecule has 2 unspecified atom stereocenters. The van der Waals surface area contributed by atoms with Crippen LogP contribution in [0.25, 0.3) is 0 Å². The number of benzene rings is 1. The third-order valence-corrected chi connectivity index (χ3v) is 6.70. The molecule has 2 saturated carbocycles. The van der Waals surface area contributed by atoms with Crippen molar-refractivity contribution in [3.63, 3.8) is 0 Å². The van der Waals surface area contributed by atoms with Gasteiger partial charge in [-0.3, -0.25) is 0 Å². The molecule has 0 amide bonds. The van der Waals surface area contributed by atoms with E-state index in [1.165, 1.54) is 11.1 Å². The second kappa shape index (κ2) is 6.66. The van der Waals surface area contributed by atoms with Gasteiger partial charge in [-0.2, -0.15) is 0 Å². The fourth-order valence-corrected chi connectivity index (χ4v) is 5.42. The number of fused-ring (bicyclic) bond motifs is 5. The van der Waals surface area contributed by atoms with Crippen LogP contribution < -0.4 is 33.7 Å². The predicted molar refractivity (Wildman–Crippen MR) is 87.4 cm³/mol. The van der Waals surface area contributed by atoms with Gasteiger partial charge >= 0.3 is 29.6 Å². The summed E-state index contributed by atoms with van der Waals surface area (Å²) < 4.78 is 36.8. The minimum Gasteiger partial charge on any atom is -0.716 e. The Labute approximate surface area is 170 Å². The Morgan fingerprint density at radius 3 is 2.76 bits per heavy atom. The van der Waals surface area contributed by atoms with E-state index in [1.54, 1.807) is 12.1 Å². The number of aliphatic hydroxyl groups excluding tert-OH is 1. The average molecular weight is 372 g/mol. The fraction of sp³-hybridized carbons (Fsp3) is 0.556. The third kappa shape index (κ3) is 3.33. The maximum atomic E-state index is 10.8. The van der Waals surface area contributed by atoms with Gasteiger partial charge < -0.3 is 13.8 Å². The second-order valence-corrected chi connectivity index (χ2v) is 8.49. The molecule has 0 aliphatic heterocycles. The summed E-state index contributed by atoms with van der Waals surface area (Å²) in [7, 11) is -4.75. The number of allylic oxidation sites excluding steroid dienone is 2. The molecular formula is C18H21NaO5S. The molecule has 5 nitrogen and oxygen atoms in total. The van der Waals surface area contributed by atoms with Crippen LogP contribution in [0.3, 0.4) is 0 Å². The standard InChI is InChI=1S/C18H22O5S.Na/c1-18-9-8-14-13-5-3-12(23-24(20,21)22)10-11(13)2-4-15(14)16(18)6-7-17(18)19;/h3-5,10,14,16-17,19H,2,6-9H2,1H3,(H,20,21,22);/q;+1/p-1/t14?,16?,17-,18+;/m1./s1. The summed E-state index contributed by atoms with van der Waals surface area (Å²) in [6, 6.07) is 5.12. The molecule has 4 atom stereocenters. The predicted octanol–water partition coefficient (Wildman–Crippen LogP) is -0.333. The molecule has 1 N–H and O–H groups in total. The van der Waals surface area contributed by atoms with Gasteiger partial charge in [0.15, 0.2) is 0 Å². The van der Waals surface area contributed by atoms with Crippen molar-refractivity contribution in [2.75, 3.05) is 0 Å². The fourth-order valence-electron chi connectivity index (χ4n) is 5.09. The van der Waals surface area contributed by atoms with Crippen LogP contribution in [0.1, 0.15) is 49.7 Å². The zero-order chi connectivity index (χ0) is 17.1. The molecule has 3 aliphatic carbocycles. The third-order valence-electron chi connectivity index (χ3n) is 6.31. The van der Waals surface area contributed by atoms with E-state index in [9.17, 15) is 18.1 Å². The van der Waals surface area contributed by atoms with Crippen molar-refractivity contribution in [1.29, 1.82) is 0 Å².